The quantitative estimate of drug-likeness (QED) is 0.825. The Kier molecular flexibility index (Phi) is 6.01. The molecule has 110 valence electrons. The summed E-state index contributed by atoms with van der Waals surface area (Å²) in [6.07, 6.45) is 3.09. The molecule has 1 aromatic heterocycles. The monoisotopic (exact) mass is 267 g/mol. The summed E-state index contributed by atoms with van der Waals surface area (Å²) >= 11 is 0. The van der Waals surface area contributed by atoms with E-state index in [0.717, 1.165) is 19.5 Å². The zero-order valence-electron chi connectivity index (χ0n) is 13.2. The number of rotatable bonds is 7. The zero-order valence-corrected chi connectivity index (χ0v) is 13.2. The van der Waals surface area contributed by atoms with E-state index in [-0.39, 0.29) is 17.6 Å². The zero-order chi connectivity index (χ0) is 14.5. The molecule has 0 spiro atoms. The van der Waals surface area contributed by atoms with E-state index in [1.165, 1.54) is 5.69 Å². The molecular weight excluding hydrogens is 238 g/mol. The van der Waals surface area contributed by atoms with Crippen LogP contribution in [0.2, 0.25) is 0 Å². The van der Waals surface area contributed by atoms with Gasteiger partial charge in [-0.3, -0.25) is 4.68 Å². The van der Waals surface area contributed by atoms with Crippen molar-refractivity contribution in [1.82, 2.24) is 15.1 Å². The maximum atomic E-state index is 5.79. The van der Waals surface area contributed by atoms with Crippen molar-refractivity contribution >= 4 is 0 Å². The Hall–Kier alpha value is -0.870. The summed E-state index contributed by atoms with van der Waals surface area (Å²) in [7, 11) is 1.79. The summed E-state index contributed by atoms with van der Waals surface area (Å²) in [4.78, 5) is 0. The highest BCUT2D eigenvalue weighted by Gasteiger charge is 2.34. The summed E-state index contributed by atoms with van der Waals surface area (Å²) < 4.78 is 7.84. The molecule has 0 aliphatic heterocycles. The summed E-state index contributed by atoms with van der Waals surface area (Å²) in [6.45, 7) is 12.8. The smallest absolute Gasteiger partial charge is 0.0829 e. The Morgan fingerprint density at radius 1 is 1.37 bits per heavy atom. The van der Waals surface area contributed by atoms with Crippen molar-refractivity contribution in [2.45, 2.75) is 59.7 Å². The predicted molar refractivity (Wildman–Crippen MR) is 79.2 cm³/mol. The Bertz CT molecular complexity index is 368. The Morgan fingerprint density at radius 2 is 2.05 bits per heavy atom. The normalized spacial score (nSPS) is 15.5. The fraction of sp³-hybridized carbons (Fsp3) is 0.800. The largest absolute Gasteiger partial charge is 0.379 e. The molecule has 4 heteroatoms. The first-order valence-corrected chi connectivity index (χ1v) is 7.23. The average Bonchev–Trinajstić information content (AvgIpc) is 2.80. The molecule has 0 fully saturated rings. The van der Waals surface area contributed by atoms with Gasteiger partial charge in [0.05, 0.1) is 17.8 Å². The van der Waals surface area contributed by atoms with Crippen molar-refractivity contribution < 1.29 is 4.74 Å². The summed E-state index contributed by atoms with van der Waals surface area (Å²) in [5, 5.41) is 8.00. The maximum absolute atomic E-state index is 5.79. The van der Waals surface area contributed by atoms with Gasteiger partial charge in [0.15, 0.2) is 0 Å². The number of hydrogen-bond acceptors (Lipinski definition) is 3. The van der Waals surface area contributed by atoms with Crippen LogP contribution in [0.15, 0.2) is 12.3 Å². The lowest BCUT2D eigenvalue weighted by Gasteiger charge is -2.36. The Labute approximate surface area is 117 Å². The van der Waals surface area contributed by atoms with Crippen LogP contribution in [-0.2, 0) is 11.3 Å². The van der Waals surface area contributed by atoms with Gasteiger partial charge in [-0.15, -0.1) is 0 Å². The predicted octanol–water partition coefficient (Wildman–Crippen LogP) is 3.00. The van der Waals surface area contributed by atoms with Crippen LogP contribution in [0.25, 0.3) is 0 Å². The molecule has 0 aliphatic carbocycles. The minimum absolute atomic E-state index is 0.0724. The SMILES string of the molecule is CCCNC(c1ccnn1CC)C(OC)C(C)(C)C. The number of aromatic nitrogens is 2. The number of nitrogens with one attached hydrogen (secondary N) is 1. The lowest BCUT2D eigenvalue weighted by Crippen LogP contribution is -2.42. The number of ether oxygens (including phenoxy) is 1. The second-order valence-corrected chi connectivity index (χ2v) is 6.03. The molecule has 0 aliphatic rings. The van der Waals surface area contributed by atoms with Crippen LogP contribution in [0.4, 0.5) is 0 Å². The van der Waals surface area contributed by atoms with E-state index in [0.29, 0.717) is 0 Å². The van der Waals surface area contributed by atoms with Gasteiger partial charge < -0.3 is 10.1 Å². The van der Waals surface area contributed by atoms with Crippen molar-refractivity contribution in [1.29, 1.82) is 0 Å². The standard InChI is InChI=1S/C15H29N3O/c1-7-10-16-13(14(19-6)15(3,4)5)12-9-11-17-18(12)8-2/h9,11,13-14,16H,7-8,10H2,1-6H3. The van der Waals surface area contributed by atoms with E-state index in [2.05, 4.69) is 51.1 Å². The molecule has 0 saturated heterocycles. The molecule has 4 nitrogen and oxygen atoms in total. The van der Waals surface area contributed by atoms with E-state index >= 15 is 0 Å². The molecule has 19 heavy (non-hydrogen) atoms. The first-order chi connectivity index (χ1) is 8.95. The van der Waals surface area contributed by atoms with Crippen LogP contribution in [-0.4, -0.2) is 29.5 Å². The fourth-order valence-electron chi connectivity index (χ4n) is 2.53. The van der Waals surface area contributed by atoms with Crippen LogP contribution < -0.4 is 5.32 Å². The molecule has 1 aromatic rings. The van der Waals surface area contributed by atoms with Gasteiger partial charge in [0.25, 0.3) is 0 Å². The fourth-order valence-corrected chi connectivity index (χ4v) is 2.53. The van der Waals surface area contributed by atoms with Gasteiger partial charge in [-0.25, -0.2) is 0 Å². The molecule has 2 unspecified atom stereocenters. The maximum Gasteiger partial charge on any atom is 0.0829 e. The molecule has 0 bridgehead atoms. The molecular formula is C15H29N3O. The van der Waals surface area contributed by atoms with Crippen LogP contribution in [0.1, 0.15) is 52.8 Å². The van der Waals surface area contributed by atoms with Crippen molar-refractivity contribution in [3.8, 4) is 0 Å². The van der Waals surface area contributed by atoms with Crippen molar-refractivity contribution in [3.63, 3.8) is 0 Å². The van der Waals surface area contributed by atoms with Gasteiger partial charge in [0.1, 0.15) is 0 Å². The van der Waals surface area contributed by atoms with Crippen molar-refractivity contribution in [3.05, 3.63) is 18.0 Å². The molecule has 1 N–H and O–H groups in total. The number of hydrogen-bond donors (Lipinski definition) is 1. The van der Waals surface area contributed by atoms with E-state index in [1.54, 1.807) is 7.11 Å². The minimum Gasteiger partial charge on any atom is -0.379 e. The van der Waals surface area contributed by atoms with E-state index in [4.69, 9.17) is 4.74 Å². The van der Waals surface area contributed by atoms with Crippen LogP contribution >= 0.6 is 0 Å². The summed E-state index contributed by atoms with van der Waals surface area (Å²) in [5.74, 6) is 0. The van der Waals surface area contributed by atoms with Gasteiger partial charge >= 0.3 is 0 Å². The third-order valence-electron chi connectivity index (χ3n) is 3.39. The molecule has 0 amide bonds. The summed E-state index contributed by atoms with van der Waals surface area (Å²) in [6, 6.07) is 2.27. The number of aryl methyl sites for hydroxylation is 1. The first-order valence-electron chi connectivity index (χ1n) is 7.23. The molecule has 0 radical (unpaired) electrons. The average molecular weight is 267 g/mol. The van der Waals surface area contributed by atoms with Crippen molar-refractivity contribution in [2.24, 2.45) is 5.41 Å². The van der Waals surface area contributed by atoms with Crippen molar-refractivity contribution in [2.75, 3.05) is 13.7 Å². The first kappa shape index (κ1) is 16.2. The topological polar surface area (TPSA) is 39.1 Å². The van der Waals surface area contributed by atoms with E-state index in [1.807, 2.05) is 10.9 Å². The second kappa shape index (κ2) is 7.06. The van der Waals surface area contributed by atoms with E-state index < -0.39 is 0 Å². The summed E-state index contributed by atoms with van der Waals surface area (Å²) in [5.41, 5.74) is 1.28. The van der Waals surface area contributed by atoms with Crippen LogP contribution in [0.3, 0.4) is 0 Å². The lowest BCUT2D eigenvalue weighted by molar-refractivity contribution is -0.0139. The lowest BCUT2D eigenvalue weighted by atomic mass is 9.83. The third kappa shape index (κ3) is 4.05. The Morgan fingerprint density at radius 3 is 2.53 bits per heavy atom. The highest BCUT2D eigenvalue weighted by molar-refractivity contribution is 5.11. The highest BCUT2D eigenvalue weighted by atomic mass is 16.5. The number of methoxy groups -OCH3 is 1. The molecule has 1 heterocycles. The molecule has 1 rings (SSSR count). The van der Waals surface area contributed by atoms with E-state index in [9.17, 15) is 0 Å². The van der Waals surface area contributed by atoms with Gasteiger partial charge in [0, 0.05) is 19.9 Å². The minimum atomic E-state index is 0.0724. The molecule has 0 saturated carbocycles. The molecule has 0 aromatic carbocycles. The highest BCUT2D eigenvalue weighted by Crippen LogP contribution is 2.32. The molecule has 2 atom stereocenters. The van der Waals surface area contributed by atoms with Gasteiger partial charge in [-0.05, 0) is 31.4 Å². The van der Waals surface area contributed by atoms with Gasteiger partial charge in [-0.2, -0.15) is 5.10 Å². The third-order valence-corrected chi connectivity index (χ3v) is 3.39. The van der Waals surface area contributed by atoms with Gasteiger partial charge in [0.2, 0.25) is 0 Å². The Balaban J connectivity index is 3.06. The second-order valence-electron chi connectivity index (χ2n) is 6.03. The number of nitrogens with zero attached hydrogens (tertiary/aromatic N) is 2. The van der Waals surface area contributed by atoms with Crippen LogP contribution in [0.5, 0.6) is 0 Å². The van der Waals surface area contributed by atoms with Gasteiger partial charge in [-0.1, -0.05) is 27.7 Å². The van der Waals surface area contributed by atoms with Crippen LogP contribution in [0, 0.1) is 5.41 Å².